The highest BCUT2D eigenvalue weighted by molar-refractivity contribution is 5.24. The fourth-order valence-corrected chi connectivity index (χ4v) is 2.25. The Balaban J connectivity index is 2.03. The first-order valence-electron chi connectivity index (χ1n) is 6.06. The van der Waals surface area contributed by atoms with Crippen molar-refractivity contribution in [1.29, 1.82) is 0 Å². The molecule has 1 heterocycles. The van der Waals surface area contributed by atoms with Gasteiger partial charge in [-0.05, 0) is 18.6 Å². The van der Waals surface area contributed by atoms with E-state index in [0.29, 0.717) is 31.2 Å². The van der Waals surface area contributed by atoms with Gasteiger partial charge >= 0.3 is 0 Å². The second-order valence-electron chi connectivity index (χ2n) is 4.78. The van der Waals surface area contributed by atoms with Crippen molar-refractivity contribution in [2.45, 2.75) is 12.3 Å². The molecule has 1 saturated heterocycles. The molecular formula is C13H14F5N. The minimum absolute atomic E-state index is 0.116. The number of likely N-dealkylation sites (tertiary alicyclic amines) is 1. The fraction of sp³-hybridized carbons (Fsp3) is 0.538. The van der Waals surface area contributed by atoms with E-state index in [9.17, 15) is 22.0 Å². The van der Waals surface area contributed by atoms with Crippen LogP contribution >= 0.6 is 0 Å². The Labute approximate surface area is 108 Å². The van der Waals surface area contributed by atoms with E-state index in [2.05, 4.69) is 0 Å². The Morgan fingerprint density at radius 3 is 2.21 bits per heavy atom. The van der Waals surface area contributed by atoms with Crippen molar-refractivity contribution >= 4 is 0 Å². The van der Waals surface area contributed by atoms with Gasteiger partial charge in [-0.3, -0.25) is 4.39 Å². The van der Waals surface area contributed by atoms with Gasteiger partial charge in [0.05, 0.1) is 12.6 Å². The maximum Gasteiger partial charge on any atom is 0.278 e. The van der Waals surface area contributed by atoms with Crippen LogP contribution in [0.15, 0.2) is 18.2 Å². The van der Waals surface area contributed by atoms with E-state index in [1.165, 1.54) is 0 Å². The van der Waals surface area contributed by atoms with Gasteiger partial charge in [0.2, 0.25) is 0 Å². The Morgan fingerprint density at radius 2 is 1.68 bits per heavy atom. The summed E-state index contributed by atoms with van der Waals surface area (Å²) in [6, 6.07) is 1.88. The second-order valence-corrected chi connectivity index (χ2v) is 4.78. The quantitative estimate of drug-likeness (QED) is 0.747. The van der Waals surface area contributed by atoms with Crippen molar-refractivity contribution in [2.24, 2.45) is 5.92 Å². The van der Waals surface area contributed by atoms with Crippen LogP contribution in [0.25, 0.3) is 0 Å². The summed E-state index contributed by atoms with van der Waals surface area (Å²) in [5, 5.41) is 0. The topological polar surface area (TPSA) is 3.24 Å². The van der Waals surface area contributed by atoms with Crippen LogP contribution in [0.3, 0.4) is 0 Å². The fourth-order valence-electron chi connectivity index (χ4n) is 2.25. The van der Waals surface area contributed by atoms with Crippen molar-refractivity contribution in [3.63, 3.8) is 0 Å². The number of rotatable bonds is 5. The second kappa shape index (κ2) is 5.45. The highest BCUT2D eigenvalue weighted by Crippen LogP contribution is 2.41. The number of nitrogens with zero attached hydrogens (tertiary/aromatic N) is 1. The lowest BCUT2D eigenvalue weighted by molar-refractivity contribution is -0.124. The van der Waals surface area contributed by atoms with E-state index in [1.807, 2.05) is 0 Å². The molecule has 0 unspecified atom stereocenters. The maximum absolute atomic E-state index is 14.0. The molecule has 0 aromatic heterocycles. The van der Waals surface area contributed by atoms with Crippen molar-refractivity contribution < 1.29 is 22.0 Å². The highest BCUT2D eigenvalue weighted by atomic mass is 19.3. The third-order valence-corrected chi connectivity index (χ3v) is 3.33. The Morgan fingerprint density at radius 1 is 1.11 bits per heavy atom. The summed E-state index contributed by atoms with van der Waals surface area (Å²) in [5.74, 6) is -6.27. The zero-order valence-electron chi connectivity index (χ0n) is 10.2. The summed E-state index contributed by atoms with van der Waals surface area (Å²) in [6.45, 7) is 0.184. The standard InChI is InChI=1S/C13H14F5N/c14-2-1-3-19-7-10(8-19)13(17,18)9-4-11(15)6-12(16)5-9/h4-6,10H,1-3,7-8H2. The molecule has 0 bridgehead atoms. The van der Waals surface area contributed by atoms with E-state index < -0.39 is 35.7 Å². The molecule has 0 aliphatic carbocycles. The van der Waals surface area contributed by atoms with Crippen molar-refractivity contribution in [3.8, 4) is 0 Å². The monoisotopic (exact) mass is 279 g/mol. The van der Waals surface area contributed by atoms with E-state index in [-0.39, 0.29) is 13.1 Å². The SMILES string of the molecule is FCCCN1CC(C(F)(F)c2cc(F)cc(F)c2)C1. The molecule has 0 saturated carbocycles. The van der Waals surface area contributed by atoms with E-state index in [1.54, 1.807) is 4.90 Å². The molecule has 1 nitrogen and oxygen atoms in total. The lowest BCUT2D eigenvalue weighted by atomic mass is 9.88. The molecule has 0 radical (unpaired) electrons. The molecule has 19 heavy (non-hydrogen) atoms. The molecule has 1 aliphatic heterocycles. The van der Waals surface area contributed by atoms with Crippen LogP contribution in [0.4, 0.5) is 22.0 Å². The minimum atomic E-state index is -3.27. The van der Waals surface area contributed by atoms with Crippen LogP contribution in [0.1, 0.15) is 12.0 Å². The molecule has 1 aromatic carbocycles. The molecule has 1 aromatic rings. The molecule has 0 spiro atoms. The third-order valence-electron chi connectivity index (χ3n) is 3.33. The maximum atomic E-state index is 14.0. The number of hydrogen-bond donors (Lipinski definition) is 0. The summed E-state index contributed by atoms with van der Waals surface area (Å²) in [7, 11) is 0. The molecule has 1 fully saturated rings. The van der Waals surface area contributed by atoms with Gasteiger partial charge in [-0.25, -0.2) is 17.6 Å². The smallest absolute Gasteiger partial charge is 0.278 e. The lowest BCUT2D eigenvalue weighted by Crippen LogP contribution is -2.53. The van der Waals surface area contributed by atoms with Crippen LogP contribution < -0.4 is 0 Å². The van der Waals surface area contributed by atoms with Crippen LogP contribution in [-0.4, -0.2) is 31.2 Å². The van der Waals surface area contributed by atoms with E-state index >= 15 is 0 Å². The number of alkyl halides is 3. The summed E-state index contributed by atoms with van der Waals surface area (Å²) in [6.07, 6.45) is 0.312. The van der Waals surface area contributed by atoms with Crippen molar-refractivity contribution in [3.05, 3.63) is 35.4 Å². The number of benzene rings is 1. The van der Waals surface area contributed by atoms with E-state index in [0.717, 1.165) is 0 Å². The van der Waals surface area contributed by atoms with Gasteiger partial charge in [0.1, 0.15) is 11.6 Å². The predicted molar refractivity (Wildman–Crippen MR) is 60.8 cm³/mol. The minimum Gasteiger partial charge on any atom is -0.302 e. The Bertz CT molecular complexity index is 422. The van der Waals surface area contributed by atoms with Gasteiger partial charge in [-0.1, -0.05) is 0 Å². The largest absolute Gasteiger partial charge is 0.302 e. The van der Waals surface area contributed by atoms with Crippen LogP contribution in [0.2, 0.25) is 0 Å². The summed E-state index contributed by atoms with van der Waals surface area (Å²) < 4.78 is 65.9. The summed E-state index contributed by atoms with van der Waals surface area (Å²) in [5.41, 5.74) is -0.639. The first kappa shape index (κ1) is 14.2. The zero-order chi connectivity index (χ0) is 14.0. The average molecular weight is 279 g/mol. The summed E-state index contributed by atoms with van der Waals surface area (Å²) >= 11 is 0. The number of hydrogen-bond acceptors (Lipinski definition) is 1. The Kier molecular flexibility index (Phi) is 4.08. The van der Waals surface area contributed by atoms with E-state index in [4.69, 9.17) is 0 Å². The molecule has 0 N–H and O–H groups in total. The molecule has 2 rings (SSSR count). The van der Waals surface area contributed by atoms with Gasteiger partial charge in [0, 0.05) is 31.3 Å². The average Bonchev–Trinajstić information content (AvgIpc) is 2.25. The highest BCUT2D eigenvalue weighted by Gasteiger charge is 2.47. The van der Waals surface area contributed by atoms with Crippen LogP contribution in [0.5, 0.6) is 0 Å². The first-order chi connectivity index (χ1) is 8.93. The molecule has 106 valence electrons. The molecular weight excluding hydrogens is 265 g/mol. The van der Waals surface area contributed by atoms with Crippen molar-refractivity contribution in [1.82, 2.24) is 4.90 Å². The van der Waals surface area contributed by atoms with Crippen LogP contribution in [-0.2, 0) is 5.92 Å². The molecule has 6 heteroatoms. The van der Waals surface area contributed by atoms with Gasteiger partial charge < -0.3 is 4.90 Å². The van der Waals surface area contributed by atoms with Crippen molar-refractivity contribution in [2.75, 3.05) is 26.3 Å². The molecule has 0 amide bonds. The first-order valence-corrected chi connectivity index (χ1v) is 6.06. The normalized spacial score (nSPS) is 17.5. The lowest BCUT2D eigenvalue weighted by Gasteiger charge is -2.43. The molecule has 0 atom stereocenters. The third kappa shape index (κ3) is 3.05. The van der Waals surface area contributed by atoms with Gasteiger partial charge in [-0.15, -0.1) is 0 Å². The zero-order valence-corrected chi connectivity index (χ0v) is 10.2. The van der Waals surface area contributed by atoms with Gasteiger partial charge in [0.25, 0.3) is 5.92 Å². The number of halogens is 5. The summed E-state index contributed by atoms with van der Waals surface area (Å²) in [4.78, 5) is 1.70. The predicted octanol–water partition coefficient (Wildman–Crippen LogP) is 3.35. The van der Waals surface area contributed by atoms with Crippen LogP contribution in [0, 0.1) is 17.6 Å². The Hall–Kier alpha value is -1.17. The van der Waals surface area contributed by atoms with Gasteiger partial charge in [0.15, 0.2) is 0 Å². The molecule has 1 aliphatic rings. The van der Waals surface area contributed by atoms with Gasteiger partial charge in [-0.2, -0.15) is 0 Å².